The lowest BCUT2D eigenvalue weighted by molar-refractivity contribution is 0.517. The van der Waals surface area contributed by atoms with Crippen molar-refractivity contribution in [2.24, 2.45) is 0 Å². The maximum Gasteiger partial charge on any atom is 0.0323 e. The highest BCUT2D eigenvalue weighted by atomic mass is 32.2. The zero-order valence-corrected chi connectivity index (χ0v) is 12.8. The second kappa shape index (κ2) is 7.41. The molecule has 1 aromatic rings. The molecule has 0 aliphatic carbocycles. The van der Waals surface area contributed by atoms with E-state index in [0.29, 0.717) is 6.04 Å². The summed E-state index contributed by atoms with van der Waals surface area (Å²) >= 11 is 4.30. The van der Waals surface area contributed by atoms with Crippen molar-refractivity contribution < 1.29 is 0 Å². The van der Waals surface area contributed by atoms with E-state index in [-0.39, 0.29) is 0 Å². The highest BCUT2D eigenvalue weighted by Crippen LogP contribution is 2.35. The van der Waals surface area contributed by atoms with Crippen LogP contribution in [-0.2, 0) is 6.42 Å². The van der Waals surface area contributed by atoms with Crippen LogP contribution in [0.4, 0.5) is 0 Å². The average Bonchev–Trinajstić information content (AvgIpc) is 2.46. The summed E-state index contributed by atoms with van der Waals surface area (Å²) in [5.41, 5.74) is 1.38. The molecule has 3 unspecified atom stereocenters. The van der Waals surface area contributed by atoms with E-state index in [1.165, 1.54) is 23.5 Å². The fraction of sp³-hybridized carbons (Fsp3) is 0.643. The molecule has 0 spiro atoms. The third-order valence-corrected chi connectivity index (χ3v) is 6.87. The van der Waals surface area contributed by atoms with Gasteiger partial charge < -0.3 is 5.32 Å². The number of hydrogen-bond donors (Lipinski definition) is 1. The van der Waals surface area contributed by atoms with Gasteiger partial charge >= 0.3 is 0 Å². The van der Waals surface area contributed by atoms with Crippen LogP contribution in [0.2, 0.25) is 0 Å². The lowest BCUT2D eigenvalue weighted by atomic mass is 10.0. The number of thioether (sulfide) groups is 2. The first-order valence-electron chi connectivity index (χ1n) is 6.64. The van der Waals surface area contributed by atoms with E-state index in [2.05, 4.69) is 59.9 Å². The van der Waals surface area contributed by atoms with Gasteiger partial charge in [-0.3, -0.25) is 4.98 Å². The van der Waals surface area contributed by atoms with Gasteiger partial charge in [-0.05, 0) is 37.6 Å². The molecule has 0 radical (unpaired) electrons. The van der Waals surface area contributed by atoms with Crippen molar-refractivity contribution in [2.45, 2.75) is 36.3 Å². The van der Waals surface area contributed by atoms with Crippen LogP contribution in [0.5, 0.6) is 0 Å². The molecule has 2 heterocycles. The van der Waals surface area contributed by atoms with Crippen molar-refractivity contribution in [1.29, 1.82) is 0 Å². The minimum Gasteiger partial charge on any atom is -0.316 e. The van der Waals surface area contributed by atoms with Crippen LogP contribution in [0.3, 0.4) is 0 Å². The number of nitrogens with zero attached hydrogens (tertiary/aromatic N) is 1. The van der Waals surface area contributed by atoms with E-state index in [4.69, 9.17) is 0 Å². The molecule has 0 aromatic carbocycles. The third-order valence-electron chi connectivity index (χ3n) is 3.47. The zero-order chi connectivity index (χ0) is 12.8. The number of rotatable bonds is 5. The highest BCUT2D eigenvalue weighted by Gasteiger charge is 2.31. The molecule has 100 valence electrons. The predicted molar refractivity (Wildman–Crippen MR) is 83.6 cm³/mol. The van der Waals surface area contributed by atoms with Crippen LogP contribution in [0.1, 0.15) is 18.9 Å². The number of pyridine rings is 1. The Morgan fingerprint density at radius 1 is 1.33 bits per heavy atom. The summed E-state index contributed by atoms with van der Waals surface area (Å²) in [6.07, 6.45) is 6.16. The van der Waals surface area contributed by atoms with Gasteiger partial charge in [0.05, 0.1) is 0 Å². The molecule has 2 rings (SSSR count). The first kappa shape index (κ1) is 14.2. The summed E-state index contributed by atoms with van der Waals surface area (Å²) in [5.74, 6) is 2.60. The van der Waals surface area contributed by atoms with Gasteiger partial charge in [-0.15, -0.1) is 0 Å². The molecule has 2 nitrogen and oxygen atoms in total. The molecule has 0 saturated carbocycles. The first-order valence-corrected chi connectivity index (χ1v) is 8.74. The minimum absolute atomic E-state index is 0.565. The minimum atomic E-state index is 0.565. The van der Waals surface area contributed by atoms with Gasteiger partial charge in [0.15, 0.2) is 0 Å². The molecule has 1 aromatic heterocycles. The number of hydrogen-bond acceptors (Lipinski definition) is 4. The van der Waals surface area contributed by atoms with Crippen LogP contribution in [-0.4, -0.2) is 40.1 Å². The van der Waals surface area contributed by atoms with Gasteiger partial charge in [0, 0.05) is 40.4 Å². The molecule has 18 heavy (non-hydrogen) atoms. The van der Waals surface area contributed by atoms with Gasteiger partial charge in [-0.2, -0.15) is 23.5 Å². The van der Waals surface area contributed by atoms with E-state index >= 15 is 0 Å². The van der Waals surface area contributed by atoms with E-state index in [1.807, 2.05) is 12.4 Å². The van der Waals surface area contributed by atoms with Crippen LogP contribution in [0.15, 0.2) is 24.5 Å². The normalized spacial score (nSPS) is 25.9. The summed E-state index contributed by atoms with van der Waals surface area (Å²) in [7, 11) is 2.10. The summed E-state index contributed by atoms with van der Waals surface area (Å²) in [5, 5.41) is 5.05. The summed E-state index contributed by atoms with van der Waals surface area (Å²) in [6.45, 7) is 2.32. The van der Waals surface area contributed by atoms with Crippen molar-refractivity contribution in [3.8, 4) is 0 Å². The zero-order valence-electron chi connectivity index (χ0n) is 11.1. The van der Waals surface area contributed by atoms with E-state index in [9.17, 15) is 0 Å². The molecular formula is C14H22N2S2. The molecule has 1 aliphatic heterocycles. The topological polar surface area (TPSA) is 24.9 Å². The van der Waals surface area contributed by atoms with Gasteiger partial charge in [0.25, 0.3) is 0 Å². The Balaban J connectivity index is 2.03. The Kier molecular flexibility index (Phi) is 5.86. The van der Waals surface area contributed by atoms with E-state index in [0.717, 1.165) is 16.9 Å². The van der Waals surface area contributed by atoms with Crippen molar-refractivity contribution >= 4 is 23.5 Å². The lowest BCUT2D eigenvalue weighted by Gasteiger charge is -2.36. The smallest absolute Gasteiger partial charge is 0.0323 e. The lowest BCUT2D eigenvalue weighted by Crippen LogP contribution is -2.44. The highest BCUT2D eigenvalue weighted by molar-refractivity contribution is 8.07. The SMILES string of the molecule is CCC1SCCSC1C(Cc1ccncc1)NC. The Hall–Kier alpha value is -0.190. The maximum absolute atomic E-state index is 4.09. The van der Waals surface area contributed by atoms with Crippen LogP contribution < -0.4 is 5.32 Å². The van der Waals surface area contributed by atoms with Crippen molar-refractivity contribution in [1.82, 2.24) is 10.3 Å². The van der Waals surface area contributed by atoms with Crippen LogP contribution in [0.25, 0.3) is 0 Å². The predicted octanol–water partition coefficient (Wildman–Crippen LogP) is 2.84. The Labute approximate surface area is 119 Å². The number of likely N-dealkylation sites (N-methyl/N-ethyl adjacent to an activating group) is 1. The molecule has 0 bridgehead atoms. The fourth-order valence-corrected chi connectivity index (χ4v) is 5.77. The molecule has 1 aliphatic rings. The Morgan fingerprint density at radius 2 is 2.06 bits per heavy atom. The second-order valence-electron chi connectivity index (χ2n) is 4.61. The van der Waals surface area contributed by atoms with Crippen molar-refractivity contribution in [2.75, 3.05) is 18.6 Å². The van der Waals surface area contributed by atoms with Gasteiger partial charge in [-0.25, -0.2) is 0 Å². The van der Waals surface area contributed by atoms with Gasteiger partial charge in [-0.1, -0.05) is 6.92 Å². The quantitative estimate of drug-likeness (QED) is 0.898. The summed E-state index contributed by atoms with van der Waals surface area (Å²) < 4.78 is 0. The molecule has 3 atom stereocenters. The third kappa shape index (κ3) is 3.65. The van der Waals surface area contributed by atoms with E-state index in [1.54, 1.807) is 0 Å². The Bertz CT molecular complexity index is 345. The molecule has 1 fully saturated rings. The van der Waals surface area contributed by atoms with Gasteiger partial charge in [0.1, 0.15) is 0 Å². The average molecular weight is 282 g/mol. The monoisotopic (exact) mass is 282 g/mol. The second-order valence-corrected chi connectivity index (χ2v) is 7.24. The summed E-state index contributed by atoms with van der Waals surface area (Å²) in [6, 6.07) is 4.83. The van der Waals surface area contributed by atoms with E-state index < -0.39 is 0 Å². The molecule has 4 heteroatoms. The number of aromatic nitrogens is 1. The van der Waals surface area contributed by atoms with Crippen molar-refractivity contribution in [3.05, 3.63) is 30.1 Å². The Morgan fingerprint density at radius 3 is 2.72 bits per heavy atom. The van der Waals surface area contributed by atoms with Crippen molar-refractivity contribution in [3.63, 3.8) is 0 Å². The fourth-order valence-electron chi connectivity index (χ4n) is 2.47. The van der Waals surface area contributed by atoms with Crippen LogP contribution in [0, 0.1) is 0 Å². The largest absolute Gasteiger partial charge is 0.316 e. The first-order chi connectivity index (χ1) is 8.85. The van der Waals surface area contributed by atoms with Gasteiger partial charge in [0.2, 0.25) is 0 Å². The molecule has 1 N–H and O–H groups in total. The van der Waals surface area contributed by atoms with Crippen LogP contribution >= 0.6 is 23.5 Å². The molecule has 1 saturated heterocycles. The number of nitrogens with one attached hydrogen (secondary N) is 1. The maximum atomic E-state index is 4.09. The standard InChI is InChI=1S/C14H22N2S2/c1-3-13-14(18-9-8-17-13)12(15-2)10-11-4-6-16-7-5-11/h4-7,12-15H,3,8-10H2,1-2H3. The molecule has 0 amide bonds. The molecular weight excluding hydrogens is 260 g/mol. The summed E-state index contributed by atoms with van der Waals surface area (Å²) in [4.78, 5) is 4.09.